The van der Waals surface area contributed by atoms with Crippen LogP contribution in [-0.4, -0.2) is 41.9 Å². The maximum Gasteiger partial charge on any atom is 0.251 e. The molecule has 0 fully saturated rings. The van der Waals surface area contributed by atoms with E-state index in [2.05, 4.69) is 16.3 Å². The first-order chi connectivity index (χ1) is 10.5. The van der Waals surface area contributed by atoms with E-state index < -0.39 is 10.8 Å². The summed E-state index contributed by atoms with van der Waals surface area (Å²) in [6, 6.07) is 11.1. The maximum atomic E-state index is 12.2. The normalized spacial score (nSPS) is 13.8. The van der Waals surface area contributed by atoms with Gasteiger partial charge in [-0.3, -0.25) is 9.00 Å². The quantitative estimate of drug-likeness (QED) is 0.882. The monoisotopic (exact) mass is 336 g/mol. The van der Waals surface area contributed by atoms with Gasteiger partial charge in [0.15, 0.2) is 0 Å². The van der Waals surface area contributed by atoms with Crippen LogP contribution < -0.4 is 5.32 Å². The lowest BCUT2D eigenvalue weighted by molar-refractivity contribution is 0.0942. The minimum atomic E-state index is -1.03. The van der Waals surface area contributed by atoms with Crippen LogP contribution in [0.4, 0.5) is 0 Å². The van der Waals surface area contributed by atoms with Crippen molar-refractivity contribution in [3.8, 4) is 0 Å². The smallest absolute Gasteiger partial charge is 0.251 e. The topological polar surface area (TPSA) is 49.4 Å². The first-order valence-corrected chi connectivity index (χ1v) is 9.34. The Balaban J connectivity index is 2.00. The number of likely N-dealkylation sites (N-methyl/N-ethyl adjacent to an activating group) is 1. The lowest BCUT2D eigenvalue weighted by Crippen LogP contribution is -2.34. The molecular formula is C16H20N2O2S2. The summed E-state index contributed by atoms with van der Waals surface area (Å²) in [6.45, 7) is 0.549. The van der Waals surface area contributed by atoms with Gasteiger partial charge in [0, 0.05) is 38.9 Å². The van der Waals surface area contributed by atoms with Gasteiger partial charge >= 0.3 is 0 Å². The van der Waals surface area contributed by atoms with Crippen molar-refractivity contribution in [2.24, 2.45) is 0 Å². The van der Waals surface area contributed by atoms with Crippen molar-refractivity contribution in [3.63, 3.8) is 0 Å². The molecule has 1 aromatic heterocycles. The highest BCUT2D eigenvalue weighted by molar-refractivity contribution is 7.84. The van der Waals surface area contributed by atoms with E-state index in [1.165, 1.54) is 4.88 Å². The van der Waals surface area contributed by atoms with Crippen molar-refractivity contribution in [2.75, 3.05) is 26.9 Å². The second-order valence-electron chi connectivity index (χ2n) is 5.18. The van der Waals surface area contributed by atoms with Gasteiger partial charge in [-0.25, -0.2) is 0 Å². The molecule has 6 heteroatoms. The fourth-order valence-electron chi connectivity index (χ4n) is 2.11. The average molecular weight is 336 g/mol. The van der Waals surface area contributed by atoms with Crippen LogP contribution in [0.5, 0.6) is 0 Å². The van der Waals surface area contributed by atoms with Gasteiger partial charge in [0.05, 0.1) is 6.04 Å². The Morgan fingerprint density at radius 3 is 2.45 bits per heavy atom. The Morgan fingerprint density at radius 1 is 1.27 bits per heavy atom. The molecule has 1 heterocycles. The summed E-state index contributed by atoms with van der Waals surface area (Å²) < 4.78 is 11.4. The standard InChI is InChI=1S/C16H20N2O2S2/c1-18(2)14(15-5-4-10-21-15)11-17-16(19)12-6-8-13(9-7-12)22(3)20/h4-10,14H,11H2,1-3H3,(H,17,19). The Kier molecular flexibility index (Phi) is 5.88. The predicted octanol–water partition coefficient (Wildman–Crippen LogP) is 2.52. The SMILES string of the molecule is CN(C)C(CNC(=O)c1ccc(S(C)=O)cc1)c1cccs1. The Bertz CT molecular complexity index is 637. The Morgan fingerprint density at radius 2 is 1.95 bits per heavy atom. The molecule has 0 bridgehead atoms. The molecule has 118 valence electrons. The molecule has 2 unspecified atom stereocenters. The van der Waals surface area contributed by atoms with Crippen LogP contribution in [0.3, 0.4) is 0 Å². The molecule has 0 aliphatic rings. The molecule has 0 aliphatic heterocycles. The van der Waals surface area contributed by atoms with Gasteiger partial charge in [0.2, 0.25) is 0 Å². The molecule has 2 aromatic rings. The van der Waals surface area contributed by atoms with Gasteiger partial charge in [-0.1, -0.05) is 6.07 Å². The minimum Gasteiger partial charge on any atom is -0.350 e. The van der Waals surface area contributed by atoms with Crippen LogP contribution in [-0.2, 0) is 10.8 Å². The molecular weight excluding hydrogens is 316 g/mol. The molecule has 0 saturated carbocycles. The van der Waals surface area contributed by atoms with E-state index in [1.54, 1.807) is 41.9 Å². The number of amides is 1. The van der Waals surface area contributed by atoms with E-state index in [0.29, 0.717) is 12.1 Å². The van der Waals surface area contributed by atoms with Gasteiger partial charge < -0.3 is 10.2 Å². The molecule has 22 heavy (non-hydrogen) atoms. The zero-order valence-electron chi connectivity index (χ0n) is 12.9. The Hall–Kier alpha value is -1.50. The third kappa shape index (κ3) is 4.25. The number of benzene rings is 1. The number of carbonyl (C=O) groups excluding carboxylic acids is 1. The van der Waals surface area contributed by atoms with Crippen molar-refractivity contribution in [2.45, 2.75) is 10.9 Å². The van der Waals surface area contributed by atoms with Crippen LogP contribution in [0, 0.1) is 0 Å². The van der Waals surface area contributed by atoms with Gasteiger partial charge in [-0.05, 0) is 49.8 Å². The van der Waals surface area contributed by atoms with E-state index in [4.69, 9.17) is 0 Å². The number of hydrogen-bond acceptors (Lipinski definition) is 4. The molecule has 0 aliphatic carbocycles. The second-order valence-corrected chi connectivity index (χ2v) is 7.54. The highest BCUT2D eigenvalue weighted by atomic mass is 32.2. The predicted molar refractivity (Wildman–Crippen MR) is 91.9 cm³/mol. The molecule has 4 nitrogen and oxygen atoms in total. The first kappa shape index (κ1) is 16.9. The summed E-state index contributed by atoms with van der Waals surface area (Å²) in [5, 5.41) is 5.01. The third-order valence-corrected chi connectivity index (χ3v) is 5.31. The highest BCUT2D eigenvalue weighted by Crippen LogP contribution is 2.22. The zero-order chi connectivity index (χ0) is 16.1. The molecule has 1 amide bonds. The van der Waals surface area contributed by atoms with Crippen molar-refractivity contribution in [3.05, 3.63) is 52.2 Å². The largest absolute Gasteiger partial charge is 0.350 e. The fourth-order valence-corrected chi connectivity index (χ4v) is 3.55. The zero-order valence-corrected chi connectivity index (χ0v) is 14.5. The van der Waals surface area contributed by atoms with E-state index in [-0.39, 0.29) is 11.9 Å². The van der Waals surface area contributed by atoms with Gasteiger partial charge in [-0.2, -0.15) is 0 Å². The summed E-state index contributed by atoms with van der Waals surface area (Å²) in [7, 11) is 2.98. The fraction of sp³-hybridized carbons (Fsp3) is 0.312. The second kappa shape index (κ2) is 7.67. The summed E-state index contributed by atoms with van der Waals surface area (Å²) in [5.74, 6) is -0.114. The third-order valence-electron chi connectivity index (χ3n) is 3.40. The van der Waals surface area contributed by atoms with Crippen LogP contribution in [0.25, 0.3) is 0 Å². The average Bonchev–Trinajstić information content (AvgIpc) is 3.01. The van der Waals surface area contributed by atoms with Crippen LogP contribution >= 0.6 is 11.3 Å². The van der Waals surface area contributed by atoms with Crippen molar-refractivity contribution < 1.29 is 9.00 Å². The number of carbonyl (C=O) groups is 1. The molecule has 0 spiro atoms. The molecule has 0 radical (unpaired) electrons. The van der Waals surface area contributed by atoms with Crippen molar-refractivity contribution >= 4 is 28.0 Å². The first-order valence-electron chi connectivity index (χ1n) is 6.90. The van der Waals surface area contributed by atoms with Gasteiger partial charge in [0.25, 0.3) is 5.91 Å². The number of thiophene rings is 1. The van der Waals surface area contributed by atoms with Crippen molar-refractivity contribution in [1.82, 2.24) is 10.2 Å². The van der Waals surface area contributed by atoms with E-state index >= 15 is 0 Å². The number of nitrogens with one attached hydrogen (secondary N) is 1. The van der Waals surface area contributed by atoms with Gasteiger partial charge in [-0.15, -0.1) is 11.3 Å². The summed E-state index contributed by atoms with van der Waals surface area (Å²) in [6.07, 6.45) is 1.62. The van der Waals surface area contributed by atoms with Crippen LogP contribution in [0.15, 0.2) is 46.7 Å². The number of hydrogen-bond donors (Lipinski definition) is 1. The van der Waals surface area contributed by atoms with Crippen LogP contribution in [0.1, 0.15) is 21.3 Å². The summed E-state index contributed by atoms with van der Waals surface area (Å²) >= 11 is 1.69. The Labute approximate surface area is 137 Å². The van der Waals surface area contributed by atoms with Crippen LogP contribution in [0.2, 0.25) is 0 Å². The number of rotatable bonds is 6. The molecule has 2 rings (SSSR count). The molecule has 2 atom stereocenters. The van der Waals surface area contributed by atoms with E-state index in [1.807, 2.05) is 25.5 Å². The molecule has 1 N–H and O–H groups in total. The highest BCUT2D eigenvalue weighted by Gasteiger charge is 2.16. The maximum absolute atomic E-state index is 12.2. The van der Waals surface area contributed by atoms with Gasteiger partial charge in [0.1, 0.15) is 0 Å². The van der Waals surface area contributed by atoms with E-state index in [0.717, 1.165) is 4.90 Å². The van der Waals surface area contributed by atoms with E-state index in [9.17, 15) is 9.00 Å². The molecule has 1 aromatic carbocycles. The summed E-state index contributed by atoms with van der Waals surface area (Å²) in [5.41, 5.74) is 0.581. The minimum absolute atomic E-state index is 0.114. The molecule has 0 saturated heterocycles. The summed E-state index contributed by atoms with van der Waals surface area (Å²) in [4.78, 5) is 16.3. The lowest BCUT2D eigenvalue weighted by atomic mass is 10.2. The van der Waals surface area contributed by atoms with Crippen molar-refractivity contribution in [1.29, 1.82) is 0 Å². The lowest BCUT2D eigenvalue weighted by Gasteiger charge is -2.23. The number of nitrogens with zero attached hydrogens (tertiary/aromatic N) is 1.